The van der Waals surface area contributed by atoms with Crippen LogP contribution in [0.4, 0.5) is 0 Å². The summed E-state index contributed by atoms with van der Waals surface area (Å²) in [4.78, 5) is 18.7. The van der Waals surface area contributed by atoms with Crippen LogP contribution >= 0.6 is 11.6 Å². The third kappa shape index (κ3) is 5.63. The lowest BCUT2D eigenvalue weighted by Gasteiger charge is -2.17. The summed E-state index contributed by atoms with van der Waals surface area (Å²) in [6, 6.07) is 26.5. The Morgan fingerprint density at radius 1 is 0.975 bits per heavy atom. The zero-order valence-corrected chi connectivity index (χ0v) is 23.6. The molecule has 0 amide bonds. The Morgan fingerprint density at radius 3 is 2.48 bits per heavy atom. The summed E-state index contributed by atoms with van der Waals surface area (Å²) in [7, 11) is 1.66. The van der Waals surface area contributed by atoms with Gasteiger partial charge in [-0.25, -0.2) is 4.98 Å². The lowest BCUT2D eigenvalue weighted by atomic mass is 9.96. The normalized spacial score (nSPS) is 11.4. The molecule has 0 aliphatic carbocycles. The van der Waals surface area contributed by atoms with Gasteiger partial charge in [-0.3, -0.25) is 4.79 Å². The zero-order chi connectivity index (χ0) is 28.2. The summed E-state index contributed by atoms with van der Waals surface area (Å²) in [5.41, 5.74) is 4.75. The molecule has 0 bridgehead atoms. The molecule has 0 fully saturated rings. The molecule has 0 atom stereocenters. The van der Waals surface area contributed by atoms with Gasteiger partial charge < -0.3 is 9.47 Å². The molecule has 0 radical (unpaired) electrons. The molecule has 0 aliphatic rings. The fraction of sp³-hybridized carbons (Fsp3) is 0.182. The van der Waals surface area contributed by atoms with Crippen LogP contribution in [-0.4, -0.2) is 23.0 Å². The van der Waals surface area contributed by atoms with E-state index in [0.717, 1.165) is 28.0 Å². The Hall–Kier alpha value is -4.42. The first-order valence-corrected chi connectivity index (χ1v) is 13.4. The van der Waals surface area contributed by atoms with Gasteiger partial charge in [0.15, 0.2) is 5.82 Å². The molecule has 0 spiro atoms. The fourth-order valence-corrected chi connectivity index (χ4v) is 4.76. The number of methoxy groups -OCH3 is 1. The molecule has 1 aromatic heterocycles. The number of aryl methyl sites for hydroxylation is 1. The molecule has 0 saturated heterocycles. The van der Waals surface area contributed by atoms with Crippen LogP contribution in [0.5, 0.6) is 11.5 Å². The summed E-state index contributed by atoms with van der Waals surface area (Å²) in [6.45, 7) is 6.57. The van der Waals surface area contributed by atoms with Gasteiger partial charge >= 0.3 is 0 Å². The highest BCUT2D eigenvalue weighted by Crippen LogP contribution is 2.34. The Kier molecular flexibility index (Phi) is 7.99. The van der Waals surface area contributed by atoms with E-state index in [9.17, 15) is 4.79 Å². The highest BCUT2D eigenvalue weighted by atomic mass is 35.5. The highest BCUT2D eigenvalue weighted by Gasteiger charge is 2.18. The van der Waals surface area contributed by atoms with E-state index in [1.807, 2.05) is 67.6 Å². The quantitative estimate of drug-likeness (QED) is 0.186. The lowest BCUT2D eigenvalue weighted by molar-refractivity contribution is 0.306. The van der Waals surface area contributed by atoms with E-state index in [1.165, 1.54) is 4.68 Å². The largest absolute Gasteiger partial charge is 0.496 e. The lowest BCUT2D eigenvalue weighted by Crippen LogP contribution is -2.21. The average Bonchev–Trinajstić information content (AvgIpc) is 2.96. The maximum Gasteiger partial charge on any atom is 0.282 e. The van der Waals surface area contributed by atoms with Gasteiger partial charge in [-0.05, 0) is 72.0 Å². The maximum atomic E-state index is 13.8. The van der Waals surface area contributed by atoms with Gasteiger partial charge in [-0.1, -0.05) is 67.9 Å². The van der Waals surface area contributed by atoms with Gasteiger partial charge in [0.2, 0.25) is 0 Å². The van der Waals surface area contributed by atoms with Crippen LogP contribution < -0.4 is 15.0 Å². The molecule has 5 rings (SSSR count). The predicted octanol–water partition coefficient (Wildman–Crippen LogP) is 7.62. The molecular formula is C33H30ClN3O3. The topological polar surface area (TPSA) is 65.7 Å². The smallest absolute Gasteiger partial charge is 0.282 e. The minimum Gasteiger partial charge on any atom is -0.496 e. The Bertz CT molecular complexity index is 1760. The molecule has 40 heavy (non-hydrogen) atoms. The van der Waals surface area contributed by atoms with Gasteiger partial charge in [0.05, 0.1) is 24.2 Å². The standard InChI is InChI=1S/C33H30ClN3O3/c1-21(2)27-18-28(22(3)16-31(27)39-4)32-36-29-13-9-8-12-26(29)33(38)37(32)35-19-24-17-25(34)14-15-30(24)40-20-23-10-6-5-7-11-23/h5-19,21H,20H2,1-4H3. The van der Waals surface area contributed by atoms with Crippen molar-refractivity contribution >= 4 is 28.7 Å². The molecular weight excluding hydrogens is 522 g/mol. The summed E-state index contributed by atoms with van der Waals surface area (Å²) >= 11 is 6.34. The first-order valence-electron chi connectivity index (χ1n) is 13.1. The molecule has 0 N–H and O–H groups in total. The van der Waals surface area contributed by atoms with Crippen molar-refractivity contribution in [3.8, 4) is 22.9 Å². The van der Waals surface area contributed by atoms with Crippen molar-refractivity contribution < 1.29 is 9.47 Å². The number of hydrogen-bond acceptors (Lipinski definition) is 5. The van der Waals surface area contributed by atoms with Crippen molar-refractivity contribution in [2.75, 3.05) is 7.11 Å². The van der Waals surface area contributed by atoms with Crippen LogP contribution in [0.2, 0.25) is 5.02 Å². The molecule has 5 aromatic rings. The van der Waals surface area contributed by atoms with Crippen molar-refractivity contribution in [1.82, 2.24) is 9.66 Å². The van der Waals surface area contributed by atoms with Crippen LogP contribution in [0.25, 0.3) is 22.3 Å². The number of rotatable bonds is 8. The van der Waals surface area contributed by atoms with Crippen LogP contribution in [0.3, 0.4) is 0 Å². The Morgan fingerprint density at radius 2 is 1.73 bits per heavy atom. The van der Waals surface area contributed by atoms with Crippen molar-refractivity contribution in [2.45, 2.75) is 33.3 Å². The Balaban J connectivity index is 1.65. The van der Waals surface area contributed by atoms with E-state index < -0.39 is 0 Å². The molecule has 0 unspecified atom stereocenters. The summed E-state index contributed by atoms with van der Waals surface area (Å²) in [5, 5.41) is 5.67. The molecule has 7 heteroatoms. The minimum atomic E-state index is -0.271. The number of ether oxygens (including phenoxy) is 2. The fourth-order valence-electron chi connectivity index (χ4n) is 4.58. The van der Waals surface area contributed by atoms with E-state index in [0.29, 0.717) is 39.7 Å². The third-order valence-electron chi connectivity index (χ3n) is 6.71. The molecule has 1 heterocycles. The van der Waals surface area contributed by atoms with E-state index in [1.54, 1.807) is 37.6 Å². The van der Waals surface area contributed by atoms with Crippen LogP contribution in [0, 0.1) is 6.92 Å². The monoisotopic (exact) mass is 551 g/mol. The number of halogens is 1. The van der Waals surface area contributed by atoms with E-state index >= 15 is 0 Å². The SMILES string of the molecule is COc1cc(C)c(-c2nc3ccccc3c(=O)n2N=Cc2cc(Cl)ccc2OCc2ccccc2)cc1C(C)C. The minimum absolute atomic E-state index is 0.203. The van der Waals surface area contributed by atoms with Gasteiger partial charge in [0, 0.05) is 16.1 Å². The first kappa shape index (κ1) is 27.2. The molecule has 0 saturated carbocycles. The molecule has 202 valence electrons. The molecule has 6 nitrogen and oxygen atoms in total. The van der Waals surface area contributed by atoms with Crippen LogP contribution in [-0.2, 0) is 6.61 Å². The number of para-hydroxylation sites is 1. The van der Waals surface area contributed by atoms with Gasteiger partial charge in [0.1, 0.15) is 18.1 Å². The number of aromatic nitrogens is 2. The van der Waals surface area contributed by atoms with Crippen molar-refractivity contribution in [2.24, 2.45) is 5.10 Å². The second-order valence-electron chi connectivity index (χ2n) is 9.83. The number of benzene rings is 4. The van der Waals surface area contributed by atoms with Gasteiger partial charge in [-0.15, -0.1) is 0 Å². The van der Waals surface area contributed by atoms with Crippen LogP contribution in [0.1, 0.15) is 42.0 Å². The molecule has 4 aromatic carbocycles. The second kappa shape index (κ2) is 11.8. The number of fused-ring (bicyclic) bond motifs is 1. The summed E-state index contributed by atoms with van der Waals surface area (Å²) in [5.74, 6) is 2.04. The van der Waals surface area contributed by atoms with E-state index in [2.05, 4.69) is 18.9 Å². The number of hydrogen-bond donors (Lipinski definition) is 0. The van der Waals surface area contributed by atoms with Gasteiger partial charge in [0.25, 0.3) is 5.56 Å². The summed E-state index contributed by atoms with van der Waals surface area (Å²) < 4.78 is 13.1. The summed E-state index contributed by atoms with van der Waals surface area (Å²) in [6.07, 6.45) is 1.59. The Labute approximate surface area is 238 Å². The van der Waals surface area contributed by atoms with Crippen LogP contribution in [0.15, 0.2) is 94.8 Å². The zero-order valence-electron chi connectivity index (χ0n) is 22.9. The third-order valence-corrected chi connectivity index (χ3v) is 6.95. The first-order chi connectivity index (χ1) is 19.4. The average molecular weight is 552 g/mol. The maximum absolute atomic E-state index is 13.8. The second-order valence-corrected chi connectivity index (χ2v) is 10.3. The molecule has 0 aliphatic heterocycles. The van der Waals surface area contributed by atoms with Crippen molar-refractivity contribution in [3.63, 3.8) is 0 Å². The van der Waals surface area contributed by atoms with E-state index in [4.69, 9.17) is 26.1 Å². The highest BCUT2D eigenvalue weighted by molar-refractivity contribution is 6.30. The predicted molar refractivity (Wildman–Crippen MR) is 162 cm³/mol. The van der Waals surface area contributed by atoms with Gasteiger partial charge in [-0.2, -0.15) is 9.78 Å². The van der Waals surface area contributed by atoms with Crippen molar-refractivity contribution in [3.05, 3.63) is 123 Å². The number of nitrogens with zero attached hydrogens (tertiary/aromatic N) is 3. The van der Waals surface area contributed by atoms with E-state index in [-0.39, 0.29) is 11.5 Å². The van der Waals surface area contributed by atoms with Crippen molar-refractivity contribution in [1.29, 1.82) is 0 Å².